The van der Waals surface area contributed by atoms with E-state index >= 15 is 0 Å². The van der Waals surface area contributed by atoms with E-state index in [0.29, 0.717) is 16.5 Å². The number of pyridine rings is 1. The number of fused-ring (bicyclic) bond motifs is 3. The molecule has 0 saturated heterocycles. The molecule has 1 N–H and O–H groups in total. The molecule has 2 aromatic heterocycles. The quantitative estimate of drug-likeness (QED) is 0.578. The van der Waals surface area contributed by atoms with Crippen molar-refractivity contribution in [3.8, 4) is 5.88 Å². The number of aryl methyl sites for hydroxylation is 1. The highest BCUT2D eigenvalue weighted by Crippen LogP contribution is 2.34. The highest BCUT2D eigenvalue weighted by atomic mass is 32.2. The molecule has 9 heteroatoms. The third-order valence-corrected chi connectivity index (χ3v) is 4.11. The first-order chi connectivity index (χ1) is 10.2. The fraction of sp³-hybridized carbons (Fsp3) is 0.154. The number of aromatic amines is 1. The number of nitrogens with zero attached hydrogens (tertiary/aromatic N) is 1. The van der Waals surface area contributed by atoms with Crippen LogP contribution in [0.1, 0.15) is 5.56 Å². The van der Waals surface area contributed by atoms with E-state index in [0.717, 1.165) is 5.39 Å². The zero-order valence-corrected chi connectivity index (χ0v) is 11.9. The lowest BCUT2D eigenvalue weighted by atomic mass is 10.1. The SMILES string of the molecule is Cc1cnc(OS(=O)(=O)C(F)(F)F)c2[nH]c3ccccc3c12. The van der Waals surface area contributed by atoms with Crippen LogP contribution in [0.15, 0.2) is 30.5 Å². The van der Waals surface area contributed by atoms with Gasteiger partial charge in [-0.1, -0.05) is 18.2 Å². The van der Waals surface area contributed by atoms with E-state index in [1.807, 2.05) is 0 Å². The van der Waals surface area contributed by atoms with Crippen molar-refractivity contribution in [2.24, 2.45) is 0 Å². The molecule has 22 heavy (non-hydrogen) atoms. The Balaban J connectivity index is 2.26. The van der Waals surface area contributed by atoms with Gasteiger partial charge in [0.2, 0.25) is 0 Å². The largest absolute Gasteiger partial charge is 0.534 e. The van der Waals surface area contributed by atoms with Gasteiger partial charge in [-0.25, -0.2) is 4.98 Å². The third-order valence-electron chi connectivity index (χ3n) is 3.16. The van der Waals surface area contributed by atoms with Crippen molar-refractivity contribution in [3.05, 3.63) is 36.0 Å². The van der Waals surface area contributed by atoms with Crippen LogP contribution in [0.4, 0.5) is 13.2 Å². The minimum Gasteiger partial charge on any atom is -0.353 e. The predicted molar refractivity (Wildman–Crippen MR) is 73.9 cm³/mol. The Morgan fingerprint density at radius 3 is 2.59 bits per heavy atom. The molecule has 0 spiro atoms. The Hall–Kier alpha value is -2.29. The lowest BCUT2D eigenvalue weighted by molar-refractivity contribution is -0.0500. The molecule has 0 aliphatic carbocycles. The average Bonchev–Trinajstić information content (AvgIpc) is 2.81. The van der Waals surface area contributed by atoms with Gasteiger partial charge in [-0.3, -0.25) is 0 Å². The van der Waals surface area contributed by atoms with E-state index in [1.165, 1.54) is 6.20 Å². The number of nitrogens with one attached hydrogen (secondary N) is 1. The maximum atomic E-state index is 12.5. The summed E-state index contributed by atoms with van der Waals surface area (Å²) in [7, 11) is -5.78. The first-order valence-electron chi connectivity index (χ1n) is 6.07. The van der Waals surface area contributed by atoms with Gasteiger partial charge in [-0.2, -0.15) is 21.6 Å². The standard InChI is InChI=1S/C13H9F3N2O3S/c1-7-6-17-12(21-22(19,20)13(14,15)16)11-10(7)8-4-2-3-5-9(8)18-11/h2-6,18H,1H3. The summed E-state index contributed by atoms with van der Waals surface area (Å²) < 4.78 is 63.9. The molecule has 0 radical (unpaired) electrons. The Labute approximate surface area is 122 Å². The number of halogens is 3. The minimum atomic E-state index is -5.78. The molecule has 0 aliphatic rings. The fourth-order valence-electron chi connectivity index (χ4n) is 2.21. The van der Waals surface area contributed by atoms with E-state index in [1.54, 1.807) is 31.2 Å². The highest BCUT2D eigenvalue weighted by molar-refractivity contribution is 7.88. The second kappa shape index (κ2) is 4.60. The third kappa shape index (κ3) is 2.17. The average molecular weight is 330 g/mol. The lowest BCUT2D eigenvalue weighted by Gasteiger charge is -2.09. The first kappa shape index (κ1) is 14.6. The molecule has 0 saturated carbocycles. The van der Waals surface area contributed by atoms with E-state index in [-0.39, 0.29) is 5.52 Å². The van der Waals surface area contributed by atoms with E-state index < -0.39 is 21.5 Å². The molecule has 0 atom stereocenters. The predicted octanol–water partition coefficient (Wildman–Crippen LogP) is 3.25. The van der Waals surface area contributed by atoms with Gasteiger partial charge in [0, 0.05) is 22.5 Å². The van der Waals surface area contributed by atoms with Crippen molar-refractivity contribution in [1.82, 2.24) is 9.97 Å². The normalized spacial score (nSPS) is 12.9. The topological polar surface area (TPSA) is 72.0 Å². The Morgan fingerprint density at radius 2 is 1.91 bits per heavy atom. The van der Waals surface area contributed by atoms with Crippen LogP contribution in [-0.2, 0) is 10.1 Å². The van der Waals surface area contributed by atoms with Gasteiger partial charge in [0.15, 0.2) is 0 Å². The molecule has 0 fully saturated rings. The summed E-state index contributed by atoms with van der Waals surface area (Å²) in [6.07, 6.45) is 1.27. The maximum Gasteiger partial charge on any atom is 0.534 e. The van der Waals surface area contributed by atoms with Crippen LogP contribution in [0.2, 0.25) is 0 Å². The van der Waals surface area contributed by atoms with Gasteiger partial charge in [0.1, 0.15) is 5.52 Å². The molecule has 1 aromatic carbocycles. The monoisotopic (exact) mass is 330 g/mol. The van der Waals surface area contributed by atoms with Gasteiger partial charge < -0.3 is 9.17 Å². The van der Waals surface area contributed by atoms with Crippen molar-refractivity contribution < 1.29 is 25.8 Å². The number of alkyl halides is 3. The van der Waals surface area contributed by atoms with Crippen LogP contribution in [0, 0.1) is 6.92 Å². The second-order valence-corrected chi connectivity index (χ2v) is 6.19. The van der Waals surface area contributed by atoms with Gasteiger partial charge >= 0.3 is 15.6 Å². The highest BCUT2D eigenvalue weighted by Gasteiger charge is 2.49. The molecule has 0 amide bonds. The van der Waals surface area contributed by atoms with Crippen molar-refractivity contribution in [1.29, 1.82) is 0 Å². The summed E-state index contributed by atoms with van der Waals surface area (Å²) in [5.74, 6) is -0.630. The smallest absolute Gasteiger partial charge is 0.353 e. The van der Waals surface area contributed by atoms with Crippen LogP contribution in [0.5, 0.6) is 5.88 Å². The zero-order valence-electron chi connectivity index (χ0n) is 11.1. The Morgan fingerprint density at radius 1 is 1.23 bits per heavy atom. The molecule has 2 heterocycles. The zero-order chi connectivity index (χ0) is 16.1. The minimum absolute atomic E-state index is 0.106. The molecule has 0 unspecified atom stereocenters. The summed E-state index contributed by atoms with van der Waals surface area (Å²) in [5.41, 5.74) is -4.08. The number of para-hydroxylation sites is 1. The van der Waals surface area contributed by atoms with Gasteiger partial charge in [-0.15, -0.1) is 0 Å². The first-order valence-corrected chi connectivity index (χ1v) is 7.48. The number of aromatic nitrogens is 2. The van der Waals surface area contributed by atoms with E-state index in [4.69, 9.17) is 0 Å². The molecule has 5 nitrogen and oxygen atoms in total. The summed E-state index contributed by atoms with van der Waals surface area (Å²) in [6.45, 7) is 1.72. The maximum absolute atomic E-state index is 12.5. The molecule has 116 valence electrons. The van der Waals surface area contributed by atoms with E-state index in [9.17, 15) is 21.6 Å². The molecular formula is C13H9F3N2O3S. The van der Waals surface area contributed by atoms with E-state index in [2.05, 4.69) is 14.2 Å². The van der Waals surface area contributed by atoms with Gasteiger partial charge in [0.25, 0.3) is 5.88 Å². The Bertz CT molecular complexity index is 977. The molecular weight excluding hydrogens is 321 g/mol. The van der Waals surface area contributed by atoms with Crippen LogP contribution in [-0.4, -0.2) is 23.9 Å². The van der Waals surface area contributed by atoms with Gasteiger partial charge in [-0.05, 0) is 18.6 Å². The summed E-state index contributed by atoms with van der Waals surface area (Å²) >= 11 is 0. The fourth-order valence-corrected chi connectivity index (χ4v) is 2.64. The summed E-state index contributed by atoms with van der Waals surface area (Å²) in [5, 5.41) is 1.31. The molecule has 0 aliphatic heterocycles. The van der Waals surface area contributed by atoms with Crippen molar-refractivity contribution >= 4 is 31.9 Å². The van der Waals surface area contributed by atoms with Crippen LogP contribution < -0.4 is 4.18 Å². The number of H-pyrrole nitrogens is 1. The number of rotatable bonds is 2. The van der Waals surface area contributed by atoms with Crippen molar-refractivity contribution in [3.63, 3.8) is 0 Å². The molecule has 3 aromatic rings. The van der Waals surface area contributed by atoms with Crippen LogP contribution in [0.3, 0.4) is 0 Å². The number of hydrogen-bond donors (Lipinski definition) is 1. The summed E-state index contributed by atoms with van der Waals surface area (Å²) in [4.78, 5) is 6.51. The van der Waals surface area contributed by atoms with Crippen LogP contribution >= 0.6 is 0 Å². The number of hydrogen-bond acceptors (Lipinski definition) is 4. The van der Waals surface area contributed by atoms with Crippen molar-refractivity contribution in [2.75, 3.05) is 0 Å². The van der Waals surface area contributed by atoms with Crippen LogP contribution in [0.25, 0.3) is 21.8 Å². The van der Waals surface area contributed by atoms with Crippen molar-refractivity contribution in [2.45, 2.75) is 12.4 Å². The van der Waals surface area contributed by atoms with Gasteiger partial charge in [0.05, 0.1) is 0 Å². The Kier molecular flexibility index (Phi) is 3.06. The molecule has 3 rings (SSSR count). The summed E-state index contributed by atoms with van der Waals surface area (Å²) in [6, 6.07) is 7.00. The second-order valence-electron chi connectivity index (χ2n) is 4.65. The number of benzene rings is 1. The molecule has 0 bridgehead atoms. The lowest BCUT2D eigenvalue weighted by Crippen LogP contribution is -2.28.